The molecule has 0 saturated carbocycles. The number of hydrogen-bond donors (Lipinski definition) is 1. The first-order valence-electron chi connectivity index (χ1n) is 4.34. The second-order valence-corrected chi connectivity index (χ2v) is 3.23. The molecular formula is C8H5F3N4O2. The van der Waals surface area contributed by atoms with Crippen LogP contribution in [0.15, 0.2) is 6.07 Å². The zero-order chi connectivity index (χ0) is 12.8. The van der Waals surface area contributed by atoms with E-state index in [0.29, 0.717) is 0 Å². The molecule has 2 rings (SSSR count). The number of aromatic nitrogens is 4. The van der Waals surface area contributed by atoms with Gasteiger partial charge in [-0.2, -0.15) is 18.2 Å². The van der Waals surface area contributed by atoms with Crippen LogP contribution in [0.1, 0.15) is 22.0 Å². The molecule has 0 aliphatic heterocycles. The van der Waals surface area contributed by atoms with Crippen molar-refractivity contribution < 1.29 is 23.1 Å². The molecule has 0 radical (unpaired) electrons. The van der Waals surface area contributed by atoms with Crippen LogP contribution in [0.5, 0.6) is 0 Å². The Bertz CT molecular complexity index is 605. The molecular weight excluding hydrogens is 241 g/mol. The first-order valence-corrected chi connectivity index (χ1v) is 4.34. The first-order chi connectivity index (χ1) is 7.79. The van der Waals surface area contributed by atoms with Gasteiger partial charge in [0.25, 0.3) is 11.6 Å². The van der Waals surface area contributed by atoms with Gasteiger partial charge in [-0.1, -0.05) is 0 Å². The number of nitrogens with zero attached hydrogens (tertiary/aromatic N) is 4. The lowest BCUT2D eigenvalue weighted by Gasteiger charge is -1.98. The lowest BCUT2D eigenvalue weighted by molar-refractivity contribution is -0.144. The highest BCUT2D eigenvalue weighted by Crippen LogP contribution is 2.26. The van der Waals surface area contributed by atoms with Crippen molar-refractivity contribution in [2.75, 3.05) is 0 Å². The molecule has 0 amide bonds. The fourth-order valence-corrected chi connectivity index (χ4v) is 1.24. The summed E-state index contributed by atoms with van der Waals surface area (Å²) in [7, 11) is 0. The predicted molar refractivity (Wildman–Crippen MR) is 47.5 cm³/mol. The maximum atomic E-state index is 12.3. The third kappa shape index (κ3) is 1.90. The topological polar surface area (TPSA) is 80.4 Å². The van der Waals surface area contributed by atoms with Crippen molar-refractivity contribution in [2.24, 2.45) is 0 Å². The average Bonchev–Trinajstić information content (AvgIpc) is 2.60. The molecule has 0 atom stereocenters. The number of aromatic carboxylic acids is 1. The molecule has 2 aromatic heterocycles. The van der Waals surface area contributed by atoms with Gasteiger partial charge < -0.3 is 5.11 Å². The fraction of sp³-hybridized carbons (Fsp3) is 0.250. The van der Waals surface area contributed by atoms with Gasteiger partial charge in [-0.15, -0.1) is 5.10 Å². The van der Waals surface area contributed by atoms with Crippen LogP contribution < -0.4 is 0 Å². The lowest BCUT2D eigenvalue weighted by atomic mass is 10.3. The molecule has 0 bridgehead atoms. The van der Waals surface area contributed by atoms with Crippen molar-refractivity contribution in [3.8, 4) is 0 Å². The highest BCUT2D eigenvalue weighted by Gasteiger charge is 2.36. The molecule has 0 unspecified atom stereocenters. The Balaban J connectivity index is 2.69. The average molecular weight is 246 g/mol. The maximum Gasteiger partial charge on any atom is 0.453 e. The van der Waals surface area contributed by atoms with Crippen LogP contribution in [0.3, 0.4) is 0 Å². The van der Waals surface area contributed by atoms with Crippen LogP contribution in [0.4, 0.5) is 13.2 Å². The normalized spacial score (nSPS) is 12.0. The summed E-state index contributed by atoms with van der Waals surface area (Å²) in [5.41, 5.74) is -0.175. The first kappa shape index (κ1) is 11.3. The summed E-state index contributed by atoms with van der Waals surface area (Å²) in [4.78, 5) is 17.3. The summed E-state index contributed by atoms with van der Waals surface area (Å²) in [5, 5.41) is 11.9. The van der Waals surface area contributed by atoms with Crippen LogP contribution in [0.25, 0.3) is 5.78 Å². The Labute approximate surface area is 91.7 Å². The molecule has 9 heteroatoms. The monoisotopic (exact) mass is 246 g/mol. The molecule has 90 valence electrons. The quantitative estimate of drug-likeness (QED) is 0.816. The molecule has 6 nitrogen and oxygen atoms in total. The van der Waals surface area contributed by atoms with E-state index < -0.39 is 23.7 Å². The summed E-state index contributed by atoms with van der Waals surface area (Å²) in [6, 6.07) is 1.12. The Hall–Kier alpha value is -2.19. The molecule has 2 heterocycles. The van der Waals surface area contributed by atoms with E-state index in [1.54, 1.807) is 0 Å². The van der Waals surface area contributed by atoms with E-state index in [1.165, 1.54) is 6.92 Å². The summed E-state index contributed by atoms with van der Waals surface area (Å²) >= 11 is 0. The van der Waals surface area contributed by atoms with Crippen molar-refractivity contribution in [3.63, 3.8) is 0 Å². The van der Waals surface area contributed by atoms with Gasteiger partial charge in [-0.25, -0.2) is 14.3 Å². The van der Waals surface area contributed by atoms with E-state index in [1.807, 2.05) is 0 Å². The Morgan fingerprint density at radius 3 is 2.59 bits per heavy atom. The number of carbonyl (C=O) groups is 1. The number of halogens is 3. The summed E-state index contributed by atoms with van der Waals surface area (Å²) in [6.45, 7) is 1.41. The molecule has 0 fully saturated rings. The minimum Gasteiger partial charge on any atom is -0.477 e. The van der Waals surface area contributed by atoms with Crippen LogP contribution in [-0.4, -0.2) is 30.7 Å². The van der Waals surface area contributed by atoms with Gasteiger partial charge >= 0.3 is 12.1 Å². The summed E-state index contributed by atoms with van der Waals surface area (Å²) in [5.74, 6) is -3.09. The number of alkyl halides is 3. The number of carboxylic acids is 1. The fourth-order valence-electron chi connectivity index (χ4n) is 1.24. The standard InChI is InChI=1S/C8H5F3N4O2/c1-3-2-4(5(16)17)12-7-13-6(8(9,10)11)14-15(3)7/h2H,1H3,(H,16,17). The molecule has 0 aromatic carbocycles. The van der Waals surface area contributed by atoms with Crippen molar-refractivity contribution in [1.29, 1.82) is 0 Å². The van der Waals surface area contributed by atoms with Gasteiger partial charge in [-0.05, 0) is 13.0 Å². The van der Waals surface area contributed by atoms with Crippen LogP contribution >= 0.6 is 0 Å². The van der Waals surface area contributed by atoms with Gasteiger partial charge in [0.1, 0.15) is 0 Å². The van der Waals surface area contributed by atoms with Crippen molar-refractivity contribution in [2.45, 2.75) is 13.1 Å². The zero-order valence-corrected chi connectivity index (χ0v) is 8.36. The number of fused-ring (bicyclic) bond motifs is 1. The summed E-state index contributed by atoms with van der Waals surface area (Å²) in [6.07, 6.45) is -4.69. The SMILES string of the molecule is Cc1cc(C(=O)O)nc2nc(C(F)(F)F)nn12. The van der Waals surface area contributed by atoms with E-state index in [-0.39, 0.29) is 11.4 Å². The van der Waals surface area contributed by atoms with Crippen molar-refractivity contribution in [1.82, 2.24) is 19.6 Å². The number of aryl methyl sites for hydroxylation is 1. The number of carboxylic acid groups (broad SMARTS) is 1. The minimum atomic E-state index is -4.69. The lowest BCUT2D eigenvalue weighted by Crippen LogP contribution is -2.08. The second-order valence-electron chi connectivity index (χ2n) is 3.23. The van der Waals surface area contributed by atoms with Crippen LogP contribution in [0, 0.1) is 6.92 Å². The van der Waals surface area contributed by atoms with Gasteiger partial charge in [0.2, 0.25) is 0 Å². The molecule has 0 saturated heterocycles. The van der Waals surface area contributed by atoms with Crippen LogP contribution in [-0.2, 0) is 6.18 Å². The van der Waals surface area contributed by atoms with E-state index >= 15 is 0 Å². The smallest absolute Gasteiger partial charge is 0.453 e. The second kappa shape index (κ2) is 3.40. The molecule has 0 spiro atoms. The Morgan fingerprint density at radius 1 is 1.41 bits per heavy atom. The third-order valence-corrected chi connectivity index (χ3v) is 1.96. The largest absolute Gasteiger partial charge is 0.477 e. The minimum absolute atomic E-state index is 0.204. The van der Waals surface area contributed by atoms with Gasteiger partial charge in [0, 0.05) is 5.69 Å². The van der Waals surface area contributed by atoms with Crippen molar-refractivity contribution in [3.05, 3.63) is 23.3 Å². The van der Waals surface area contributed by atoms with Gasteiger partial charge in [-0.3, -0.25) is 0 Å². The molecule has 2 aromatic rings. The van der Waals surface area contributed by atoms with E-state index in [2.05, 4.69) is 15.1 Å². The van der Waals surface area contributed by atoms with E-state index in [0.717, 1.165) is 10.6 Å². The van der Waals surface area contributed by atoms with Crippen molar-refractivity contribution >= 4 is 11.7 Å². The van der Waals surface area contributed by atoms with Gasteiger partial charge in [0.05, 0.1) is 0 Å². The summed E-state index contributed by atoms with van der Waals surface area (Å²) < 4.78 is 37.8. The zero-order valence-electron chi connectivity index (χ0n) is 8.36. The number of hydrogen-bond acceptors (Lipinski definition) is 4. The Morgan fingerprint density at radius 2 is 2.06 bits per heavy atom. The Kier molecular flexibility index (Phi) is 2.26. The number of rotatable bonds is 1. The predicted octanol–water partition coefficient (Wildman–Crippen LogP) is 1.15. The van der Waals surface area contributed by atoms with Crippen LogP contribution in [0.2, 0.25) is 0 Å². The molecule has 0 aliphatic carbocycles. The highest BCUT2D eigenvalue weighted by molar-refractivity contribution is 5.85. The van der Waals surface area contributed by atoms with Gasteiger partial charge in [0.15, 0.2) is 5.69 Å². The van der Waals surface area contributed by atoms with E-state index in [4.69, 9.17) is 5.11 Å². The molecule has 17 heavy (non-hydrogen) atoms. The van der Waals surface area contributed by atoms with E-state index in [9.17, 15) is 18.0 Å². The third-order valence-electron chi connectivity index (χ3n) is 1.96. The molecule has 1 N–H and O–H groups in total. The molecule has 0 aliphatic rings. The highest BCUT2D eigenvalue weighted by atomic mass is 19.4. The maximum absolute atomic E-state index is 12.3.